The van der Waals surface area contributed by atoms with Gasteiger partial charge in [0.05, 0.1) is 12.1 Å². The third-order valence-electron chi connectivity index (χ3n) is 2.68. The van der Waals surface area contributed by atoms with Gasteiger partial charge in [-0.15, -0.1) is 0 Å². The lowest BCUT2D eigenvalue weighted by atomic mass is 10.1. The smallest absolute Gasteiger partial charge is 0.237 e. The van der Waals surface area contributed by atoms with Crippen molar-refractivity contribution in [1.82, 2.24) is 5.32 Å². The standard InChI is InChI=1S/C13H19FN2OS/c1-9(10-4-3-5-11(14)8-10)16-13(17)12(15)6-7-18-2/h3-5,8-9,12H,6-7,15H2,1-2H3,(H,16,17)/t9?,12-/m1/s1. The van der Waals surface area contributed by atoms with Crippen molar-refractivity contribution in [2.45, 2.75) is 25.4 Å². The van der Waals surface area contributed by atoms with Gasteiger partial charge in [0.2, 0.25) is 5.91 Å². The summed E-state index contributed by atoms with van der Waals surface area (Å²) in [4.78, 5) is 11.8. The van der Waals surface area contributed by atoms with Crippen molar-refractivity contribution in [2.24, 2.45) is 5.73 Å². The molecule has 0 saturated carbocycles. The van der Waals surface area contributed by atoms with Gasteiger partial charge in [-0.05, 0) is 43.0 Å². The molecule has 2 atom stereocenters. The van der Waals surface area contributed by atoms with Crippen molar-refractivity contribution in [3.8, 4) is 0 Å². The SMILES string of the molecule is CSCC[C@@H](N)C(=O)NC(C)c1cccc(F)c1. The first kappa shape index (κ1) is 15.0. The van der Waals surface area contributed by atoms with Crippen molar-refractivity contribution < 1.29 is 9.18 Å². The van der Waals surface area contributed by atoms with Crippen LogP contribution in [-0.2, 0) is 4.79 Å². The average Bonchev–Trinajstić information content (AvgIpc) is 2.35. The molecule has 0 spiro atoms. The van der Waals surface area contributed by atoms with Crippen LogP contribution in [0.15, 0.2) is 24.3 Å². The molecule has 1 amide bonds. The molecule has 0 fully saturated rings. The minimum atomic E-state index is -0.506. The van der Waals surface area contributed by atoms with Crippen LogP contribution in [0.25, 0.3) is 0 Å². The van der Waals surface area contributed by atoms with E-state index in [0.717, 1.165) is 11.3 Å². The van der Waals surface area contributed by atoms with E-state index in [4.69, 9.17) is 5.73 Å². The highest BCUT2D eigenvalue weighted by Gasteiger charge is 2.16. The molecular formula is C13H19FN2OS. The lowest BCUT2D eigenvalue weighted by Crippen LogP contribution is -2.41. The molecule has 0 aromatic heterocycles. The van der Waals surface area contributed by atoms with E-state index >= 15 is 0 Å². The number of carbonyl (C=O) groups excluding carboxylic acids is 1. The summed E-state index contributed by atoms with van der Waals surface area (Å²) >= 11 is 1.65. The van der Waals surface area contributed by atoms with Crippen molar-refractivity contribution in [3.63, 3.8) is 0 Å². The molecule has 100 valence electrons. The van der Waals surface area contributed by atoms with Gasteiger partial charge in [-0.25, -0.2) is 4.39 Å². The summed E-state index contributed by atoms with van der Waals surface area (Å²) in [5.41, 5.74) is 6.50. The van der Waals surface area contributed by atoms with Gasteiger partial charge >= 0.3 is 0 Å². The highest BCUT2D eigenvalue weighted by Crippen LogP contribution is 2.13. The van der Waals surface area contributed by atoms with Crippen LogP contribution in [-0.4, -0.2) is 24.0 Å². The zero-order valence-corrected chi connectivity index (χ0v) is 11.5. The van der Waals surface area contributed by atoms with Gasteiger partial charge in [-0.2, -0.15) is 11.8 Å². The minimum absolute atomic E-state index is 0.194. The van der Waals surface area contributed by atoms with E-state index in [1.165, 1.54) is 12.1 Å². The van der Waals surface area contributed by atoms with Gasteiger partial charge < -0.3 is 11.1 Å². The van der Waals surface area contributed by atoms with Crippen LogP contribution in [0.4, 0.5) is 4.39 Å². The molecule has 3 nitrogen and oxygen atoms in total. The predicted octanol–water partition coefficient (Wildman–Crippen LogP) is 2.08. The quantitative estimate of drug-likeness (QED) is 0.832. The van der Waals surface area contributed by atoms with Crippen LogP contribution in [0.5, 0.6) is 0 Å². The van der Waals surface area contributed by atoms with E-state index in [2.05, 4.69) is 5.32 Å². The van der Waals surface area contributed by atoms with Gasteiger partial charge in [0, 0.05) is 0 Å². The fourth-order valence-corrected chi connectivity index (χ4v) is 2.05. The maximum absolute atomic E-state index is 13.0. The Kier molecular flexibility index (Phi) is 6.15. The number of benzene rings is 1. The molecule has 0 radical (unpaired) electrons. The van der Waals surface area contributed by atoms with E-state index in [-0.39, 0.29) is 17.8 Å². The molecule has 1 aromatic rings. The van der Waals surface area contributed by atoms with Gasteiger partial charge in [-0.1, -0.05) is 12.1 Å². The third kappa shape index (κ3) is 4.66. The fourth-order valence-electron chi connectivity index (χ4n) is 1.56. The molecule has 0 aliphatic rings. The number of nitrogens with two attached hydrogens (primary N) is 1. The lowest BCUT2D eigenvalue weighted by molar-refractivity contribution is -0.123. The maximum Gasteiger partial charge on any atom is 0.237 e. The first-order chi connectivity index (χ1) is 8.54. The monoisotopic (exact) mass is 270 g/mol. The molecule has 1 unspecified atom stereocenters. The van der Waals surface area contributed by atoms with Crippen molar-refractivity contribution >= 4 is 17.7 Å². The Morgan fingerprint density at radius 3 is 2.89 bits per heavy atom. The normalized spacial score (nSPS) is 14.0. The number of halogens is 1. The average molecular weight is 270 g/mol. The van der Waals surface area contributed by atoms with Crippen LogP contribution in [0.1, 0.15) is 24.9 Å². The Labute approximate surface area is 111 Å². The summed E-state index contributed by atoms with van der Waals surface area (Å²) in [6.07, 6.45) is 2.61. The first-order valence-electron chi connectivity index (χ1n) is 5.85. The molecule has 1 aromatic carbocycles. The summed E-state index contributed by atoms with van der Waals surface area (Å²) in [7, 11) is 0. The Morgan fingerprint density at radius 1 is 1.56 bits per heavy atom. The minimum Gasteiger partial charge on any atom is -0.348 e. The Morgan fingerprint density at radius 2 is 2.28 bits per heavy atom. The van der Waals surface area contributed by atoms with Crippen LogP contribution < -0.4 is 11.1 Å². The van der Waals surface area contributed by atoms with E-state index < -0.39 is 6.04 Å². The molecular weight excluding hydrogens is 251 g/mol. The second kappa shape index (κ2) is 7.38. The topological polar surface area (TPSA) is 55.1 Å². The van der Waals surface area contributed by atoms with E-state index in [1.807, 2.05) is 13.2 Å². The van der Waals surface area contributed by atoms with Gasteiger partial charge in [-0.3, -0.25) is 4.79 Å². The van der Waals surface area contributed by atoms with Crippen LogP contribution in [0.2, 0.25) is 0 Å². The second-order valence-electron chi connectivity index (χ2n) is 4.17. The zero-order chi connectivity index (χ0) is 13.5. The number of hydrogen-bond donors (Lipinski definition) is 2. The number of nitrogens with one attached hydrogen (secondary N) is 1. The summed E-state index contributed by atoms with van der Waals surface area (Å²) in [5, 5.41) is 2.79. The number of carbonyl (C=O) groups is 1. The lowest BCUT2D eigenvalue weighted by Gasteiger charge is -2.17. The number of amides is 1. The Hall–Kier alpha value is -1.07. The van der Waals surface area contributed by atoms with Crippen LogP contribution in [0, 0.1) is 5.82 Å². The number of thioether (sulfide) groups is 1. The van der Waals surface area contributed by atoms with Crippen LogP contribution in [0.3, 0.4) is 0 Å². The predicted molar refractivity (Wildman–Crippen MR) is 73.9 cm³/mol. The molecule has 5 heteroatoms. The molecule has 0 aliphatic heterocycles. The summed E-state index contributed by atoms with van der Waals surface area (Å²) < 4.78 is 13.0. The summed E-state index contributed by atoms with van der Waals surface area (Å²) in [6.45, 7) is 1.81. The second-order valence-corrected chi connectivity index (χ2v) is 5.16. The van der Waals surface area contributed by atoms with Crippen molar-refractivity contribution in [3.05, 3.63) is 35.6 Å². The molecule has 18 heavy (non-hydrogen) atoms. The molecule has 1 rings (SSSR count). The van der Waals surface area contributed by atoms with Crippen molar-refractivity contribution in [1.29, 1.82) is 0 Å². The third-order valence-corrected chi connectivity index (χ3v) is 3.32. The largest absolute Gasteiger partial charge is 0.348 e. The van der Waals surface area contributed by atoms with Gasteiger partial charge in [0.25, 0.3) is 0 Å². The maximum atomic E-state index is 13.0. The van der Waals surface area contributed by atoms with Gasteiger partial charge in [0.15, 0.2) is 0 Å². The summed E-state index contributed by atoms with van der Waals surface area (Å²) in [6, 6.07) is 5.45. The molecule has 0 saturated heterocycles. The zero-order valence-electron chi connectivity index (χ0n) is 10.7. The Bertz CT molecular complexity index is 400. The molecule has 0 heterocycles. The number of hydrogen-bond acceptors (Lipinski definition) is 3. The van der Waals surface area contributed by atoms with E-state index in [0.29, 0.717) is 6.42 Å². The Balaban J connectivity index is 2.54. The van der Waals surface area contributed by atoms with E-state index in [1.54, 1.807) is 23.9 Å². The fraction of sp³-hybridized carbons (Fsp3) is 0.462. The molecule has 0 aliphatic carbocycles. The van der Waals surface area contributed by atoms with Crippen molar-refractivity contribution in [2.75, 3.05) is 12.0 Å². The highest BCUT2D eigenvalue weighted by atomic mass is 32.2. The first-order valence-corrected chi connectivity index (χ1v) is 7.24. The summed E-state index contributed by atoms with van der Waals surface area (Å²) in [5.74, 6) is 0.351. The molecule has 3 N–H and O–H groups in total. The van der Waals surface area contributed by atoms with Gasteiger partial charge in [0.1, 0.15) is 5.82 Å². The number of rotatable bonds is 6. The highest BCUT2D eigenvalue weighted by molar-refractivity contribution is 7.98. The molecule has 0 bridgehead atoms. The van der Waals surface area contributed by atoms with Crippen LogP contribution >= 0.6 is 11.8 Å². The van der Waals surface area contributed by atoms with E-state index in [9.17, 15) is 9.18 Å².